The number of nitrogens with zero attached hydrogens (tertiary/aromatic N) is 3. The second-order valence-corrected chi connectivity index (χ2v) is 12.5. The van der Waals surface area contributed by atoms with Gasteiger partial charge >= 0.3 is 5.97 Å². The standard InChI is InChI=1S/C37H39N3O4/c1-37(2,36(41)42)21-34-31(19-25-7-6-8-25)32-20-30(44-24-29-9-4-5-18-38-29)15-16-33(32)40(34)23-26-10-12-27(13-11-26)28-14-17-35(43-3)39-22-28/h4-5,9-18,20,22,25H,6-8,19,21,23-24H2,1-3H3,(H,41,42). The van der Waals surface area contributed by atoms with Gasteiger partial charge in [0.15, 0.2) is 0 Å². The third-order valence-corrected chi connectivity index (χ3v) is 8.85. The van der Waals surface area contributed by atoms with Crippen molar-refractivity contribution in [2.45, 2.75) is 59.1 Å². The lowest BCUT2D eigenvalue weighted by Crippen LogP contribution is -2.28. The molecule has 0 spiro atoms. The second kappa shape index (κ2) is 12.5. The summed E-state index contributed by atoms with van der Waals surface area (Å²) in [6, 6.07) is 24.5. The quantitative estimate of drug-likeness (QED) is 0.160. The lowest BCUT2D eigenvalue weighted by molar-refractivity contribution is -0.146. The number of hydrogen-bond acceptors (Lipinski definition) is 5. The van der Waals surface area contributed by atoms with Gasteiger partial charge in [-0.05, 0) is 79.3 Å². The van der Waals surface area contributed by atoms with Crippen LogP contribution in [0.3, 0.4) is 0 Å². The van der Waals surface area contributed by atoms with E-state index in [0.29, 0.717) is 31.4 Å². The van der Waals surface area contributed by atoms with E-state index in [1.807, 2.05) is 56.4 Å². The van der Waals surface area contributed by atoms with Crippen LogP contribution in [0.5, 0.6) is 11.6 Å². The molecule has 0 bridgehead atoms. The first-order valence-electron chi connectivity index (χ1n) is 15.3. The van der Waals surface area contributed by atoms with Crippen molar-refractivity contribution in [1.29, 1.82) is 0 Å². The second-order valence-electron chi connectivity index (χ2n) is 12.5. The molecule has 1 aliphatic rings. The molecule has 0 atom stereocenters. The Bertz CT molecular complexity index is 1740. The highest BCUT2D eigenvalue weighted by molar-refractivity contribution is 5.88. The number of hydrogen-bond donors (Lipinski definition) is 1. The van der Waals surface area contributed by atoms with Crippen molar-refractivity contribution in [2.75, 3.05) is 7.11 Å². The van der Waals surface area contributed by atoms with E-state index in [1.165, 1.54) is 24.8 Å². The first-order valence-corrected chi connectivity index (χ1v) is 15.3. The van der Waals surface area contributed by atoms with Crippen molar-refractivity contribution in [3.05, 3.63) is 108 Å². The van der Waals surface area contributed by atoms with Gasteiger partial charge in [0.05, 0.1) is 18.2 Å². The van der Waals surface area contributed by atoms with E-state index in [2.05, 4.69) is 50.9 Å². The van der Waals surface area contributed by atoms with Gasteiger partial charge in [-0.25, -0.2) is 4.98 Å². The number of aromatic nitrogens is 3. The fraction of sp³-hybridized carbons (Fsp3) is 0.324. The maximum atomic E-state index is 12.3. The normalized spacial score (nSPS) is 13.5. The molecular weight excluding hydrogens is 550 g/mol. The minimum atomic E-state index is -0.913. The van der Waals surface area contributed by atoms with Gasteiger partial charge in [-0.2, -0.15) is 0 Å². The summed E-state index contributed by atoms with van der Waals surface area (Å²) < 4.78 is 13.7. The van der Waals surface area contributed by atoms with Gasteiger partial charge < -0.3 is 19.1 Å². The first kappa shape index (κ1) is 29.4. The fourth-order valence-corrected chi connectivity index (χ4v) is 5.93. The molecule has 1 aliphatic carbocycles. The van der Waals surface area contributed by atoms with E-state index in [4.69, 9.17) is 9.47 Å². The molecule has 0 amide bonds. The van der Waals surface area contributed by atoms with E-state index in [1.54, 1.807) is 13.3 Å². The highest BCUT2D eigenvalue weighted by atomic mass is 16.5. The molecule has 7 nitrogen and oxygen atoms in total. The van der Waals surface area contributed by atoms with Gasteiger partial charge in [0.2, 0.25) is 5.88 Å². The van der Waals surface area contributed by atoms with E-state index < -0.39 is 11.4 Å². The van der Waals surface area contributed by atoms with Gasteiger partial charge in [0.1, 0.15) is 12.4 Å². The molecule has 226 valence electrons. The van der Waals surface area contributed by atoms with E-state index in [0.717, 1.165) is 51.2 Å². The number of ether oxygens (including phenoxy) is 2. The zero-order valence-electron chi connectivity index (χ0n) is 25.6. The van der Waals surface area contributed by atoms with E-state index in [-0.39, 0.29) is 0 Å². The number of aliphatic carboxylic acids is 1. The third-order valence-electron chi connectivity index (χ3n) is 8.85. The third kappa shape index (κ3) is 6.32. The van der Waals surface area contributed by atoms with Crippen molar-refractivity contribution in [2.24, 2.45) is 11.3 Å². The molecule has 0 saturated heterocycles. The minimum Gasteiger partial charge on any atom is -0.487 e. The van der Waals surface area contributed by atoms with Crippen LogP contribution in [0.25, 0.3) is 22.0 Å². The molecule has 3 heterocycles. The smallest absolute Gasteiger partial charge is 0.309 e. The van der Waals surface area contributed by atoms with Crippen molar-refractivity contribution in [3.63, 3.8) is 0 Å². The number of carbonyl (C=O) groups is 1. The molecule has 3 aromatic heterocycles. The number of fused-ring (bicyclic) bond motifs is 1. The lowest BCUT2D eigenvalue weighted by atomic mass is 9.79. The molecule has 6 rings (SSSR count). The molecule has 1 fully saturated rings. The number of benzene rings is 2. The summed E-state index contributed by atoms with van der Waals surface area (Å²) in [5.41, 5.74) is 6.66. The molecule has 7 heteroatoms. The molecule has 2 aromatic carbocycles. The Morgan fingerprint density at radius 2 is 1.80 bits per heavy atom. The number of methoxy groups -OCH3 is 1. The minimum absolute atomic E-state index is 0.389. The Kier molecular flexibility index (Phi) is 8.38. The predicted octanol–water partition coefficient (Wildman–Crippen LogP) is 7.73. The van der Waals surface area contributed by atoms with Crippen LogP contribution in [0.15, 0.2) is 85.2 Å². The maximum absolute atomic E-state index is 12.3. The zero-order chi connectivity index (χ0) is 30.7. The van der Waals surface area contributed by atoms with Crippen LogP contribution in [-0.4, -0.2) is 32.7 Å². The van der Waals surface area contributed by atoms with Crippen LogP contribution in [-0.2, 0) is 30.8 Å². The van der Waals surface area contributed by atoms with Crippen LogP contribution >= 0.6 is 0 Å². The summed E-state index contributed by atoms with van der Waals surface area (Å²) in [6.07, 6.45) is 8.67. The summed E-state index contributed by atoms with van der Waals surface area (Å²) in [7, 11) is 1.61. The number of carboxylic acids is 1. The number of rotatable bonds is 12. The molecule has 1 N–H and O–H groups in total. The average molecular weight is 590 g/mol. The Morgan fingerprint density at radius 3 is 2.43 bits per heavy atom. The van der Waals surface area contributed by atoms with Gasteiger partial charge in [-0.15, -0.1) is 0 Å². The Balaban J connectivity index is 1.39. The fourth-order valence-electron chi connectivity index (χ4n) is 5.93. The summed E-state index contributed by atoms with van der Waals surface area (Å²) in [5, 5.41) is 11.3. The van der Waals surface area contributed by atoms with Crippen LogP contribution in [0.2, 0.25) is 0 Å². The van der Waals surface area contributed by atoms with Crippen molar-refractivity contribution in [3.8, 4) is 22.8 Å². The molecule has 0 radical (unpaired) electrons. The predicted molar refractivity (Wildman–Crippen MR) is 172 cm³/mol. The molecular formula is C37H39N3O4. The molecule has 0 aliphatic heterocycles. The van der Waals surface area contributed by atoms with Crippen LogP contribution < -0.4 is 9.47 Å². The zero-order valence-corrected chi connectivity index (χ0v) is 25.6. The molecule has 44 heavy (non-hydrogen) atoms. The lowest BCUT2D eigenvalue weighted by Gasteiger charge is -2.27. The molecule has 0 unspecified atom stereocenters. The Morgan fingerprint density at radius 1 is 1.00 bits per heavy atom. The van der Waals surface area contributed by atoms with Gasteiger partial charge in [-0.3, -0.25) is 9.78 Å². The van der Waals surface area contributed by atoms with Crippen molar-refractivity contribution in [1.82, 2.24) is 14.5 Å². The Labute approximate surface area is 258 Å². The van der Waals surface area contributed by atoms with Crippen LogP contribution in [0.4, 0.5) is 0 Å². The highest BCUT2D eigenvalue weighted by Crippen LogP contribution is 2.39. The number of pyridine rings is 2. The average Bonchev–Trinajstić information content (AvgIpc) is 3.29. The van der Waals surface area contributed by atoms with Gasteiger partial charge in [0, 0.05) is 53.6 Å². The maximum Gasteiger partial charge on any atom is 0.309 e. The topological polar surface area (TPSA) is 86.5 Å². The largest absolute Gasteiger partial charge is 0.487 e. The number of carboxylic acid groups (broad SMARTS) is 1. The summed E-state index contributed by atoms with van der Waals surface area (Å²) in [5.74, 6) is 1.21. The van der Waals surface area contributed by atoms with Crippen LogP contribution in [0, 0.1) is 11.3 Å². The summed E-state index contributed by atoms with van der Waals surface area (Å²) >= 11 is 0. The highest BCUT2D eigenvalue weighted by Gasteiger charge is 2.32. The molecule has 5 aromatic rings. The summed E-state index contributed by atoms with van der Waals surface area (Å²) in [4.78, 5) is 21.1. The molecule has 1 saturated carbocycles. The monoisotopic (exact) mass is 589 g/mol. The first-order chi connectivity index (χ1) is 21.3. The van der Waals surface area contributed by atoms with Gasteiger partial charge in [0.25, 0.3) is 0 Å². The Hall–Kier alpha value is -4.65. The van der Waals surface area contributed by atoms with E-state index >= 15 is 0 Å². The van der Waals surface area contributed by atoms with Gasteiger partial charge in [-0.1, -0.05) is 49.6 Å². The van der Waals surface area contributed by atoms with Crippen LogP contribution in [0.1, 0.15) is 55.6 Å². The summed E-state index contributed by atoms with van der Waals surface area (Å²) in [6.45, 7) is 4.68. The van der Waals surface area contributed by atoms with Crippen molar-refractivity contribution >= 4 is 16.9 Å². The van der Waals surface area contributed by atoms with Crippen molar-refractivity contribution < 1.29 is 19.4 Å². The SMILES string of the molecule is COc1ccc(-c2ccc(Cn3c(CC(C)(C)C(=O)O)c(CC4CCC4)c4cc(OCc5ccccn5)ccc43)cc2)cn1. The van der Waals surface area contributed by atoms with E-state index in [9.17, 15) is 9.90 Å².